The average Bonchev–Trinajstić information content (AvgIpc) is 3.51. The lowest BCUT2D eigenvalue weighted by Gasteiger charge is -2.35. The molecule has 0 spiro atoms. The molecule has 8 heteroatoms. The van der Waals surface area contributed by atoms with Gasteiger partial charge in [-0.25, -0.2) is 9.97 Å². The molecule has 0 atom stereocenters. The van der Waals surface area contributed by atoms with Gasteiger partial charge >= 0.3 is 0 Å². The maximum Gasteiger partial charge on any atom is 0.253 e. The number of nitrogens with two attached hydrogens (primary N) is 1. The molecule has 0 unspecified atom stereocenters. The van der Waals surface area contributed by atoms with Gasteiger partial charge in [-0.1, -0.05) is 25.3 Å². The summed E-state index contributed by atoms with van der Waals surface area (Å²) < 4.78 is 2.36. The number of aromatic amines is 1. The number of carbonyl (C=O) groups excluding carboxylic acids is 1. The largest absolute Gasteiger partial charge is 0.368 e. The van der Waals surface area contributed by atoms with Crippen molar-refractivity contribution in [3.8, 4) is 11.1 Å². The Kier molecular flexibility index (Phi) is 5.25. The van der Waals surface area contributed by atoms with Gasteiger partial charge in [0.15, 0.2) is 0 Å². The third-order valence-electron chi connectivity index (χ3n) is 7.63. The number of nitrogens with zero attached hydrogens (tertiary/aromatic N) is 5. The quantitative estimate of drug-likeness (QED) is 0.484. The molecule has 176 valence electrons. The summed E-state index contributed by atoms with van der Waals surface area (Å²) in [7, 11) is 2.12. The smallest absolute Gasteiger partial charge is 0.253 e. The first-order valence-electron chi connectivity index (χ1n) is 12.3. The topological polar surface area (TPSA) is 96.1 Å². The number of fused-ring (bicyclic) bond motifs is 2. The molecule has 1 amide bonds. The first-order chi connectivity index (χ1) is 16.6. The number of carbonyl (C=O) groups is 1. The van der Waals surface area contributed by atoms with Crippen molar-refractivity contribution in [1.82, 2.24) is 24.4 Å². The van der Waals surface area contributed by atoms with E-state index in [9.17, 15) is 4.79 Å². The number of benzene rings is 2. The molecule has 3 heterocycles. The average molecular weight is 458 g/mol. The van der Waals surface area contributed by atoms with Crippen LogP contribution in [0.2, 0.25) is 0 Å². The van der Waals surface area contributed by atoms with E-state index in [0.717, 1.165) is 54.0 Å². The molecule has 8 nitrogen and oxygen atoms in total. The van der Waals surface area contributed by atoms with Crippen molar-refractivity contribution < 1.29 is 4.79 Å². The summed E-state index contributed by atoms with van der Waals surface area (Å²) in [6.45, 7) is 3.58. The van der Waals surface area contributed by atoms with Crippen LogP contribution in [0.3, 0.4) is 0 Å². The molecule has 2 aromatic carbocycles. The van der Waals surface area contributed by atoms with E-state index < -0.39 is 5.91 Å². The number of aromatic nitrogens is 4. The minimum Gasteiger partial charge on any atom is -0.368 e. The number of piperazine rings is 1. The summed E-state index contributed by atoms with van der Waals surface area (Å²) in [5.74, 6) is -0.434. The Morgan fingerprint density at radius 1 is 1.06 bits per heavy atom. The van der Waals surface area contributed by atoms with Crippen molar-refractivity contribution in [3.05, 3.63) is 42.5 Å². The lowest BCUT2D eigenvalue weighted by molar-refractivity contribution is 0.100. The zero-order valence-corrected chi connectivity index (χ0v) is 19.6. The number of likely N-dealkylation sites (N-methyl/N-ethyl adjacent to an activating group) is 1. The fraction of sp³-hybridized carbons (Fsp3) is 0.423. The van der Waals surface area contributed by atoms with Crippen LogP contribution < -0.4 is 10.6 Å². The Labute approximate surface area is 198 Å². The number of hydrogen-bond acceptors (Lipinski definition) is 5. The summed E-state index contributed by atoms with van der Waals surface area (Å²) in [6, 6.07) is 9.12. The van der Waals surface area contributed by atoms with E-state index in [1.54, 1.807) is 6.33 Å². The Bertz CT molecular complexity index is 1360. The van der Waals surface area contributed by atoms with Crippen molar-refractivity contribution in [2.24, 2.45) is 5.73 Å². The van der Waals surface area contributed by atoms with Crippen LogP contribution in [0.25, 0.3) is 33.2 Å². The van der Waals surface area contributed by atoms with Gasteiger partial charge in [-0.05, 0) is 43.7 Å². The van der Waals surface area contributed by atoms with Crippen LogP contribution in [-0.2, 0) is 0 Å². The Morgan fingerprint density at radius 3 is 2.62 bits per heavy atom. The molecular weight excluding hydrogens is 426 g/mol. The summed E-state index contributed by atoms with van der Waals surface area (Å²) in [5.41, 5.74) is 12.9. The number of anilines is 1. The van der Waals surface area contributed by atoms with Crippen molar-refractivity contribution >= 4 is 33.7 Å². The third kappa shape index (κ3) is 3.53. The third-order valence-corrected chi connectivity index (χ3v) is 7.63. The predicted octanol–water partition coefficient (Wildman–Crippen LogP) is 3.94. The molecule has 4 aromatic rings. The number of imidazole rings is 2. The Morgan fingerprint density at radius 2 is 1.85 bits per heavy atom. The highest BCUT2D eigenvalue weighted by Crippen LogP contribution is 2.38. The SMILES string of the molecule is CN1CCN(c2cc(-c3ccc4c(c3)ncn4C3CCCCC3)c3nc[nH]c3c2C(N)=O)CC1. The normalized spacial score (nSPS) is 18.2. The second kappa shape index (κ2) is 8.43. The van der Waals surface area contributed by atoms with Gasteiger partial charge in [-0.2, -0.15) is 0 Å². The van der Waals surface area contributed by atoms with E-state index in [-0.39, 0.29) is 0 Å². The van der Waals surface area contributed by atoms with Crippen molar-refractivity contribution in [3.63, 3.8) is 0 Å². The Balaban J connectivity index is 1.47. The summed E-state index contributed by atoms with van der Waals surface area (Å²) in [4.78, 5) is 29.6. The summed E-state index contributed by atoms with van der Waals surface area (Å²) in [5, 5.41) is 0. The fourth-order valence-corrected chi connectivity index (χ4v) is 5.71. The lowest BCUT2D eigenvalue weighted by atomic mass is 9.95. The van der Waals surface area contributed by atoms with Gasteiger partial charge in [0.2, 0.25) is 0 Å². The van der Waals surface area contributed by atoms with Crippen molar-refractivity contribution in [1.29, 1.82) is 0 Å². The number of hydrogen-bond donors (Lipinski definition) is 2. The van der Waals surface area contributed by atoms with E-state index in [1.165, 1.54) is 37.6 Å². The van der Waals surface area contributed by atoms with Gasteiger partial charge in [0.05, 0.1) is 46.0 Å². The molecule has 34 heavy (non-hydrogen) atoms. The van der Waals surface area contributed by atoms with Gasteiger partial charge in [0, 0.05) is 37.8 Å². The molecule has 1 saturated heterocycles. The van der Waals surface area contributed by atoms with E-state index in [2.05, 4.69) is 55.6 Å². The van der Waals surface area contributed by atoms with Crippen molar-refractivity contribution in [2.45, 2.75) is 38.1 Å². The maximum absolute atomic E-state index is 12.5. The van der Waals surface area contributed by atoms with Crippen LogP contribution in [0.4, 0.5) is 5.69 Å². The highest BCUT2D eigenvalue weighted by atomic mass is 16.1. The van der Waals surface area contributed by atoms with E-state index in [0.29, 0.717) is 17.1 Å². The number of nitrogens with one attached hydrogen (secondary N) is 1. The van der Waals surface area contributed by atoms with Crippen LogP contribution >= 0.6 is 0 Å². The minimum absolute atomic E-state index is 0.434. The second-order valence-electron chi connectivity index (χ2n) is 9.75. The van der Waals surface area contributed by atoms with Crippen LogP contribution in [0.15, 0.2) is 36.9 Å². The number of primary amides is 1. The second-order valence-corrected chi connectivity index (χ2v) is 9.75. The van der Waals surface area contributed by atoms with E-state index in [1.807, 2.05) is 6.33 Å². The summed E-state index contributed by atoms with van der Waals surface area (Å²) in [6.07, 6.45) is 10.0. The fourth-order valence-electron chi connectivity index (χ4n) is 5.71. The van der Waals surface area contributed by atoms with Gasteiger partial charge in [0.25, 0.3) is 5.91 Å². The molecule has 2 fully saturated rings. The van der Waals surface area contributed by atoms with E-state index >= 15 is 0 Å². The zero-order chi connectivity index (χ0) is 23.2. The van der Waals surface area contributed by atoms with Gasteiger partial charge in [-0.3, -0.25) is 4.79 Å². The first-order valence-corrected chi connectivity index (χ1v) is 12.3. The molecule has 1 aliphatic heterocycles. The highest BCUT2D eigenvalue weighted by molar-refractivity contribution is 6.13. The van der Waals surface area contributed by atoms with Gasteiger partial charge in [0.1, 0.15) is 0 Å². The van der Waals surface area contributed by atoms with E-state index in [4.69, 9.17) is 10.7 Å². The molecule has 0 radical (unpaired) electrons. The molecular formula is C26H31N7O. The van der Waals surface area contributed by atoms with Crippen LogP contribution in [0.5, 0.6) is 0 Å². The molecule has 2 aromatic heterocycles. The molecule has 3 N–H and O–H groups in total. The maximum atomic E-state index is 12.5. The van der Waals surface area contributed by atoms with Gasteiger partial charge < -0.3 is 25.1 Å². The standard InChI is InChI=1S/C26H31N7O/c1-31-9-11-32(12-10-31)22-14-19(24-25(29-15-28-24)23(22)26(27)34)17-7-8-21-20(13-17)30-16-33(21)18-5-3-2-4-6-18/h7-8,13-16,18H,2-6,9-12H2,1H3,(H2,27,34)(H,28,29). The molecule has 1 saturated carbocycles. The molecule has 1 aliphatic carbocycles. The van der Waals surface area contributed by atoms with Crippen LogP contribution in [0, 0.1) is 0 Å². The minimum atomic E-state index is -0.434. The lowest BCUT2D eigenvalue weighted by Crippen LogP contribution is -2.45. The van der Waals surface area contributed by atoms with Crippen LogP contribution in [-0.4, -0.2) is 63.6 Å². The van der Waals surface area contributed by atoms with Crippen LogP contribution in [0.1, 0.15) is 48.5 Å². The number of H-pyrrole nitrogens is 1. The monoisotopic (exact) mass is 457 g/mol. The zero-order valence-electron chi connectivity index (χ0n) is 19.6. The molecule has 2 aliphatic rings. The molecule has 6 rings (SSSR count). The van der Waals surface area contributed by atoms with Crippen molar-refractivity contribution in [2.75, 3.05) is 38.1 Å². The highest BCUT2D eigenvalue weighted by Gasteiger charge is 2.25. The summed E-state index contributed by atoms with van der Waals surface area (Å²) >= 11 is 0. The molecule has 0 bridgehead atoms. The Hall–Kier alpha value is -3.39. The first kappa shape index (κ1) is 21.2. The number of rotatable bonds is 4. The van der Waals surface area contributed by atoms with Gasteiger partial charge in [-0.15, -0.1) is 0 Å². The number of amides is 1. The predicted molar refractivity (Wildman–Crippen MR) is 135 cm³/mol.